The molecule has 0 heteroatoms. The minimum absolute atomic E-state index is 0.762. The fourth-order valence-corrected chi connectivity index (χ4v) is 3.16. The van der Waals surface area contributed by atoms with Crippen LogP contribution in [0.25, 0.3) is 11.1 Å². The number of benzene rings is 2. The van der Waals surface area contributed by atoms with Crippen LogP contribution in [0, 0.1) is 11.8 Å². The topological polar surface area (TPSA) is 0 Å². The smallest absolute Gasteiger partial charge is 0.0221 e. The molecule has 0 nitrogen and oxygen atoms in total. The molecule has 1 aliphatic rings. The molecular weight excluding hydrogens is 240 g/mol. The van der Waals surface area contributed by atoms with E-state index in [-0.39, 0.29) is 0 Å². The van der Waals surface area contributed by atoms with Crippen molar-refractivity contribution in [3.63, 3.8) is 0 Å². The summed E-state index contributed by atoms with van der Waals surface area (Å²) in [5, 5.41) is 0. The first-order chi connectivity index (χ1) is 9.75. The lowest BCUT2D eigenvalue weighted by Gasteiger charge is -2.31. The van der Waals surface area contributed by atoms with E-state index in [1.807, 2.05) is 0 Å². The van der Waals surface area contributed by atoms with Gasteiger partial charge in [-0.1, -0.05) is 74.5 Å². The second-order valence-corrected chi connectivity index (χ2v) is 6.05. The molecule has 0 heterocycles. The molecule has 0 unspecified atom stereocenters. The maximum atomic E-state index is 2.38. The molecule has 20 heavy (non-hydrogen) atoms. The third kappa shape index (κ3) is 2.56. The highest BCUT2D eigenvalue weighted by Gasteiger charge is 2.25. The van der Waals surface area contributed by atoms with E-state index in [0.717, 1.165) is 11.8 Å². The molecule has 0 saturated heterocycles. The number of hydrogen-bond donors (Lipinski definition) is 0. The summed E-state index contributed by atoms with van der Waals surface area (Å²) in [4.78, 5) is 0. The van der Waals surface area contributed by atoms with Crippen LogP contribution >= 0.6 is 0 Å². The molecule has 0 spiro atoms. The van der Waals surface area contributed by atoms with Crippen molar-refractivity contribution in [1.29, 1.82) is 0 Å². The molecule has 2 atom stereocenters. The van der Waals surface area contributed by atoms with E-state index in [0.29, 0.717) is 0 Å². The quantitative estimate of drug-likeness (QED) is 0.654. The standard InChI is InChI=1S/C20H22/c1-15-13-19(17-9-5-3-6-10-17)20(14-16(15)2)18-11-7-4-8-12-18/h3-12,15-16H,13-14H2,1-2H3/t15-,16+. The molecule has 0 saturated carbocycles. The van der Waals surface area contributed by atoms with Gasteiger partial charge in [-0.05, 0) is 47.0 Å². The SMILES string of the molecule is C[C@@H]1CC(c2ccccc2)=C(c2ccccc2)C[C@@H]1C. The lowest BCUT2D eigenvalue weighted by molar-refractivity contribution is 0.392. The van der Waals surface area contributed by atoms with Crippen LogP contribution in [0.15, 0.2) is 60.7 Å². The summed E-state index contributed by atoms with van der Waals surface area (Å²) in [6, 6.07) is 21.8. The highest BCUT2D eigenvalue weighted by molar-refractivity contribution is 5.91. The van der Waals surface area contributed by atoms with Crippen molar-refractivity contribution in [1.82, 2.24) is 0 Å². The molecule has 0 fully saturated rings. The summed E-state index contributed by atoms with van der Waals surface area (Å²) in [6.07, 6.45) is 2.38. The van der Waals surface area contributed by atoms with Gasteiger partial charge in [-0.15, -0.1) is 0 Å². The summed E-state index contributed by atoms with van der Waals surface area (Å²) < 4.78 is 0. The summed E-state index contributed by atoms with van der Waals surface area (Å²) >= 11 is 0. The predicted octanol–water partition coefficient (Wildman–Crippen LogP) is 5.66. The molecule has 0 aliphatic heterocycles. The molecule has 2 aromatic carbocycles. The van der Waals surface area contributed by atoms with Gasteiger partial charge in [0, 0.05) is 0 Å². The van der Waals surface area contributed by atoms with Gasteiger partial charge < -0.3 is 0 Å². The number of hydrogen-bond acceptors (Lipinski definition) is 0. The van der Waals surface area contributed by atoms with Crippen LogP contribution in [0.1, 0.15) is 37.8 Å². The first-order valence-electron chi connectivity index (χ1n) is 7.58. The Balaban J connectivity index is 2.12. The summed E-state index contributed by atoms with van der Waals surface area (Å²) in [5.74, 6) is 1.52. The van der Waals surface area contributed by atoms with Crippen LogP contribution in [-0.4, -0.2) is 0 Å². The zero-order valence-corrected chi connectivity index (χ0v) is 12.3. The molecule has 1 aliphatic carbocycles. The van der Waals surface area contributed by atoms with Crippen molar-refractivity contribution in [2.24, 2.45) is 11.8 Å². The van der Waals surface area contributed by atoms with Crippen LogP contribution in [-0.2, 0) is 0 Å². The second kappa shape index (κ2) is 5.66. The normalized spacial score (nSPS) is 22.9. The van der Waals surface area contributed by atoms with Crippen molar-refractivity contribution in [3.8, 4) is 0 Å². The van der Waals surface area contributed by atoms with Gasteiger partial charge in [-0.25, -0.2) is 0 Å². The van der Waals surface area contributed by atoms with E-state index < -0.39 is 0 Å². The van der Waals surface area contributed by atoms with Gasteiger partial charge >= 0.3 is 0 Å². The Morgan fingerprint density at radius 3 is 1.30 bits per heavy atom. The predicted molar refractivity (Wildman–Crippen MR) is 87.3 cm³/mol. The zero-order valence-electron chi connectivity index (χ0n) is 12.3. The van der Waals surface area contributed by atoms with Crippen molar-refractivity contribution in [3.05, 3.63) is 71.8 Å². The Morgan fingerprint density at radius 2 is 0.950 bits per heavy atom. The Morgan fingerprint density at radius 1 is 0.600 bits per heavy atom. The Bertz CT molecular complexity index is 537. The van der Waals surface area contributed by atoms with Crippen molar-refractivity contribution >= 4 is 11.1 Å². The summed E-state index contributed by atoms with van der Waals surface area (Å²) in [5.41, 5.74) is 5.88. The molecule has 102 valence electrons. The monoisotopic (exact) mass is 262 g/mol. The molecule has 0 amide bonds. The number of allylic oxidation sites excluding steroid dienone is 2. The minimum atomic E-state index is 0.762. The molecule has 0 radical (unpaired) electrons. The molecule has 0 N–H and O–H groups in total. The van der Waals surface area contributed by atoms with Gasteiger partial charge in [0.1, 0.15) is 0 Å². The summed E-state index contributed by atoms with van der Waals surface area (Å²) in [6.45, 7) is 4.77. The van der Waals surface area contributed by atoms with E-state index in [4.69, 9.17) is 0 Å². The molecule has 0 aromatic heterocycles. The van der Waals surface area contributed by atoms with Crippen LogP contribution in [0.3, 0.4) is 0 Å². The highest BCUT2D eigenvalue weighted by Crippen LogP contribution is 2.43. The largest absolute Gasteiger partial charge is 0.0622 e. The summed E-state index contributed by atoms with van der Waals surface area (Å²) in [7, 11) is 0. The average molecular weight is 262 g/mol. The van der Waals surface area contributed by atoms with Crippen LogP contribution in [0.2, 0.25) is 0 Å². The maximum absolute atomic E-state index is 2.38. The third-order valence-corrected chi connectivity index (χ3v) is 4.63. The number of rotatable bonds is 2. The van der Waals surface area contributed by atoms with Crippen LogP contribution in [0.4, 0.5) is 0 Å². The fraction of sp³-hybridized carbons (Fsp3) is 0.300. The van der Waals surface area contributed by atoms with Crippen molar-refractivity contribution < 1.29 is 0 Å². The lowest BCUT2D eigenvalue weighted by atomic mass is 9.74. The van der Waals surface area contributed by atoms with E-state index in [1.165, 1.54) is 24.0 Å². The van der Waals surface area contributed by atoms with E-state index in [9.17, 15) is 0 Å². The average Bonchev–Trinajstić information content (AvgIpc) is 2.51. The van der Waals surface area contributed by atoms with E-state index >= 15 is 0 Å². The lowest BCUT2D eigenvalue weighted by Crippen LogP contribution is -2.16. The zero-order chi connectivity index (χ0) is 13.9. The first-order valence-corrected chi connectivity index (χ1v) is 7.58. The van der Waals surface area contributed by atoms with Crippen molar-refractivity contribution in [2.45, 2.75) is 26.7 Å². The molecular formula is C20H22. The van der Waals surface area contributed by atoms with E-state index in [2.05, 4.69) is 74.5 Å². The highest BCUT2D eigenvalue weighted by atomic mass is 14.3. The van der Waals surface area contributed by atoms with Gasteiger partial charge in [0.2, 0.25) is 0 Å². The van der Waals surface area contributed by atoms with Gasteiger partial charge in [-0.3, -0.25) is 0 Å². The van der Waals surface area contributed by atoms with E-state index in [1.54, 1.807) is 11.1 Å². The second-order valence-electron chi connectivity index (χ2n) is 6.05. The molecule has 0 bridgehead atoms. The van der Waals surface area contributed by atoms with Gasteiger partial charge in [0.05, 0.1) is 0 Å². The third-order valence-electron chi connectivity index (χ3n) is 4.63. The molecule has 2 aromatic rings. The Labute approximate surface area is 122 Å². The van der Waals surface area contributed by atoms with Crippen LogP contribution in [0.5, 0.6) is 0 Å². The van der Waals surface area contributed by atoms with Crippen molar-refractivity contribution in [2.75, 3.05) is 0 Å². The van der Waals surface area contributed by atoms with Gasteiger partial charge in [-0.2, -0.15) is 0 Å². The maximum Gasteiger partial charge on any atom is -0.0221 e. The first kappa shape index (κ1) is 13.2. The van der Waals surface area contributed by atoms with Crippen LogP contribution < -0.4 is 0 Å². The fourth-order valence-electron chi connectivity index (χ4n) is 3.16. The Hall–Kier alpha value is -1.82. The molecule has 3 rings (SSSR count). The van der Waals surface area contributed by atoms with Gasteiger partial charge in [0.15, 0.2) is 0 Å². The van der Waals surface area contributed by atoms with Gasteiger partial charge in [0.25, 0.3) is 0 Å². The Kier molecular flexibility index (Phi) is 3.73. The minimum Gasteiger partial charge on any atom is -0.0622 e.